The topological polar surface area (TPSA) is 67.9 Å². The number of ether oxygens (including phenoxy) is 2. The molecule has 0 spiro atoms. The van der Waals surface area contributed by atoms with Gasteiger partial charge in [-0.1, -0.05) is 13.8 Å². The lowest BCUT2D eigenvalue weighted by Gasteiger charge is -2.32. The normalized spacial score (nSPS) is 15.6. The van der Waals surface area contributed by atoms with E-state index in [-0.39, 0.29) is 17.7 Å². The molecule has 138 valence electrons. The molecule has 0 saturated carbocycles. The number of hydrogen-bond acceptors (Lipinski definition) is 4. The molecule has 1 aliphatic heterocycles. The van der Waals surface area contributed by atoms with Gasteiger partial charge in [0.2, 0.25) is 5.91 Å². The van der Waals surface area contributed by atoms with Crippen LogP contribution in [0.2, 0.25) is 0 Å². The fraction of sp³-hybridized carbons (Fsp3) is 0.579. The van der Waals surface area contributed by atoms with Crippen LogP contribution in [0.25, 0.3) is 0 Å². The van der Waals surface area contributed by atoms with Crippen molar-refractivity contribution < 1.29 is 19.1 Å². The van der Waals surface area contributed by atoms with Crippen LogP contribution in [0.1, 0.15) is 43.5 Å². The fourth-order valence-corrected chi connectivity index (χ4v) is 2.99. The molecule has 0 unspecified atom stereocenters. The van der Waals surface area contributed by atoms with Crippen LogP contribution in [0.15, 0.2) is 18.2 Å². The number of likely N-dealkylation sites (tertiary alicyclic amines) is 1. The molecule has 1 atom stereocenters. The summed E-state index contributed by atoms with van der Waals surface area (Å²) < 4.78 is 10.4. The summed E-state index contributed by atoms with van der Waals surface area (Å²) in [5, 5.41) is 2.89. The minimum atomic E-state index is -0.539. The number of benzene rings is 1. The third-order valence-electron chi connectivity index (χ3n) is 4.50. The lowest BCUT2D eigenvalue weighted by atomic mass is 10.0. The third kappa shape index (κ3) is 4.87. The fourth-order valence-electron chi connectivity index (χ4n) is 2.99. The zero-order valence-electron chi connectivity index (χ0n) is 15.5. The van der Waals surface area contributed by atoms with Gasteiger partial charge in [0.05, 0.1) is 14.2 Å². The first-order valence-corrected chi connectivity index (χ1v) is 8.79. The van der Waals surface area contributed by atoms with E-state index in [4.69, 9.17) is 9.47 Å². The molecule has 6 heteroatoms. The van der Waals surface area contributed by atoms with Gasteiger partial charge in [0.25, 0.3) is 5.91 Å². The first-order valence-electron chi connectivity index (χ1n) is 8.79. The summed E-state index contributed by atoms with van der Waals surface area (Å²) in [5.41, 5.74) is 0.410. The van der Waals surface area contributed by atoms with E-state index in [1.54, 1.807) is 18.2 Å². The second-order valence-electron chi connectivity index (χ2n) is 6.68. The Hall–Kier alpha value is -2.24. The molecule has 1 N–H and O–H groups in total. The number of rotatable bonds is 6. The molecule has 0 bridgehead atoms. The van der Waals surface area contributed by atoms with Gasteiger partial charge in [-0.15, -0.1) is 0 Å². The molecule has 1 aromatic rings. The van der Waals surface area contributed by atoms with Crippen molar-refractivity contribution in [1.29, 1.82) is 0 Å². The van der Waals surface area contributed by atoms with Crippen molar-refractivity contribution in [3.8, 4) is 11.5 Å². The first kappa shape index (κ1) is 19.1. The Bertz CT molecular complexity index is 587. The molecule has 25 heavy (non-hydrogen) atoms. The Labute approximate surface area is 149 Å². The molecular formula is C19H28N2O4. The Kier molecular flexibility index (Phi) is 6.67. The van der Waals surface area contributed by atoms with Crippen molar-refractivity contribution in [2.24, 2.45) is 5.92 Å². The van der Waals surface area contributed by atoms with E-state index in [1.165, 1.54) is 14.2 Å². The Morgan fingerprint density at radius 3 is 2.04 bits per heavy atom. The highest BCUT2D eigenvalue weighted by Crippen LogP contribution is 2.23. The van der Waals surface area contributed by atoms with Crippen LogP contribution in [0, 0.1) is 5.92 Å². The molecule has 0 aliphatic carbocycles. The maximum absolute atomic E-state index is 12.8. The third-order valence-corrected chi connectivity index (χ3v) is 4.50. The second-order valence-corrected chi connectivity index (χ2v) is 6.68. The second kappa shape index (κ2) is 8.74. The number of hydrogen-bond donors (Lipinski definition) is 1. The first-order chi connectivity index (χ1) is 12.0. The predicted molar refractivity (Wildman–Crippen MR) is 96.1 cm³/mol. The summed E-state index contributed by atoms with van der Waals surface area (Å²) in [4.78, 5) is 27.4. The largest absolute Gasteiger partial charge is 0.497 e. The van der Waals surface area contributed by atoms with Gasteiger partial charge in [-0.25, -0.2) is 0 Å². The van der Waals surface area contributed by atoms with Crippen LogP contribution in [-0.2, 0) is 4.79 Å². The number of nitrogens with one attached hydrogen (secondary N) is 1. The van der Waals surface area contributed by atoms with Crippen LogP contribution in [-0.4, -0.2) is 50.1 Å². The van der Waals surface area contributed by atoms with E-state index in [0.717, 1.165) is 32.4 Å². The van der Waals surface area contributed by atoms with Gasteiger partial charge in [-0.2, -0.15) is 0 Å². The molecule has 1 heterocycles. The molecule has 1 fully saturated rings. The van der Waals surface area contributed by atoms with Gasteiger partial charge < -0.3 is 19.7 Å². The van der Waals surface area contributed by atoms with E-state index >= 15 is 0 Å². The van der Waals surface area contributed by atoms with E-state index in [0.29, 0.717) is 17.1 Å². The lowest BCUT2D eigenvalue weighted by molar-refractivity contribution is -0.135. The van der Waals surface area contributed by atoms with Crippen molar-refractivity contribution in [1.82, 2.24) is 10.2 Å². The van der Waals surface area contributed by atoms with Crippen molar-refractivity contribution in [3.63, 3.8) is 0 Å². The summed E-state index contributed by atoms with van der Waals surface area (Å²) in [7, 11) is 3.07. The van der Waals surface area contributed by atoms with Gasteiger partial charge in [0, 0.05) is 24.7 Å². The zero-order chi connectivity index (χ0) is 18.4. The smallest absolute Gasteiger partial charge is 0.252 e. The van der Waals surface area contributed by atoms with Crippen LogP contribution >= 0.6 is 0 Å². The molecule has 2 rings (SSSR count). The number of carbonyl (C=O) groups excluding carboxylic acids is 2. The molecule has 0 aromatic heterocycles. The van der Waals surface area contributed by atoms with E-state index in [1.807, 2.05) is 18.7 Å². The van der Waals surface area contributed by atoms with Crippen LogP contribution in [0.5, 0.6) is 11.5 Å². The quantitative estimate of drug-likeness (QED) is 0.857. The molecule has 1 aromatic carbocycles. The summed E-state index contributed by atoms with van der Waals surface area (Å²) in [6, 6.07) is 4.44. The number of nitrogens with zero attached hydrogens (tertiary/aromatic N) is 1. The zero-order valence-corrected chi connectivity index (χ0v) is 15.5. The highest BCUT2D eigenvalue weighted by molar-refractivity contribution is 5.98. The molecular weight excluding hydrogens is 320 g/mol. The van der Waals surface area contributed by atoms with Crippen LogP contribution in [0.4, 0.5) is 0 Å². The standard InChI is InChI=1S/C19H28N2O4/c1-13(2)17(19(23)21-8-6-5-7-9-21)20-18(22)14-10-15(24-3)12-16(11-14)25-4/h10-13,17H,5-9H2,1-4H3,(H,20,22)/t17-/m0/s1. The molecule has 1 saturated heterocycles. The van der Waals surface area contributed by atoms with Crippen LogP contribution < -0.4 is 14.8 Å². The van der Waals surface area contributed by atoms with Gasteiger partial charge in [-0.05, 0) is 37.3 Å². The number of piperidine rings is 1. The maximum atomic E-state index is 12.8. The van der Waals surface area contributed by atoms with E-state index in [2.05, 4.69) is 5.32 Å². The summed E-state index contributed by atoms with van der Waals surface area (Å²) >= 11 is 0. The highest BCUT2D eigenvalue weighted by atomic mass is 16.5. The monoisotopic (exact) mass is 348 g/mol. The highest BCUT2D eigenvalue weighted by Gasteiger charge is 2.29. The van der Waals surface area contributed by atoms with Gasteiger partial charge >= 0.3 is 0 Å². The Morgan fingerprint density at radius 2 is 1.56 bits per heavy atom. The molecule has 2 amide bonds. The predicted octanol–water partition coefficient (Wildman–Crippen LogP) is 2.47. The Morgan fingerprint density at radius 1 is 1.00 bits per heavy atom. The van der Waals surface area contributed by atoms with Crippen molar-refractivity contribution in [2.45, 2.75) is 39.2 Å². The molecule has 6 nitrogen and oxygen atoms in total. The molecule has 1 aliphatic rings. The van der Waals surface area contributed by atoms with Gasteiger partial charge in [0.15, 0.2) is 0 Å². The minimum Gasteiger partial charge on any atom is -0.497 e. The van der Waals surface area contributed by atoms with Crippen LogP contribution in [0.3, 0.4) is 0 Å². The van der Waals surface area contributed by atoms with Gasteiger partial charge in [0.1, 0.15) is 17.5 Å². The lowest BCUT2D eigenvalue weighted by Crippen LogP contribution is -2.52. The van der Waals surface area contributed by atoms with Crippen molar-refractivity contribution in [3.05, 3.63) is 23.8 Å². The van der Waals surface area contributed by atoms with E-state index in [9.17, 15) is 9.59 Å². The average Bonchev–Trinajstić information content (AvgIpc) is 2.65. The number of carbonyl (C=O) groups is 2. The molecule has 0 radical (unpaired) electrons. The van der Waals surface area contributed by atoms with E-state index < -0.39 is 6.04 Å². The number of amides is 2. The minimum absolute atomic E-state index is 0.00193. The SMILES string of the molecule is COc1cc(OC)cc(C(=O)N[C@H](C(=O)N2CCCCC2)C(C)C)c1. The van der Waals surface area contributed by atoms with Gasteiger partial charge in [-0.3, -0.25) is 9.59 Å². The summed E-state index contributed by atoms with van der Waals surface area (Å²) in [5.74, 6) is 0.769. The van der Waals surface area contributed by atoms with Crippen molar-refractivity contribution >= 4 is 11.8 Å². The van der Waals surface area contributed by atoms with Crippen molar-refractivity contribution in [2.75, 3.05) is 27.3 Å². The summed E-state index contributed by atoms with van der Waals surface area (Å²) in [6.45, 7) is 5.42. The average molecular weight is 348 g/mol. The number of methoxy groups -OCH3 is 2. The summed E-state index contributed by atoms with van der Waals surface area (Å²) in [6.07, 6.45) is 3.21. The Balaban J connectivity index is 2.16. The maximum Gasteiger partial charge on any atom is 0.252 e.